The van der Waals surface area contributed by atoms with Crippen LogP contribution in [-0.2, 0) is 9.53 Å². The summed E-state index contributed by atoms with van der Waals surface area (Å²) in [7, 11) is 1.70. The lowest BCUT2D eigenvalue weighted by atomic mass is 9.79. The predicted octanol–water partition coefficient (Wildman–Crippen LogP) is 5.70. The maximum Gasteiger partial charge on any atom is 0.256 e. The molecule has 0 saturated heterocycles. The number of aliphatic hydroxyl groups excluding tert-OH is 1. The quantitative estimate of drug-likeness (QED) is 0.655. The molecule has 0 bridgehead atoms. The summed E-state index contributed by atoms with van der Waals surface area (Å²) in [6.45, 7) is 1.90. The van der Waals surface area contributed by atoms with E-state index >= 15 is 0 Å². The summed E-state index contributed by atoms with van der Waals surface area (Å²) in [6, 6.07) is 11.1. The van der Waals surface area contributed by atoms with Gasteiger partial charge in [-0.1, -0.05) is 35.3 Å². The van der Waals surface area contributed by atoms with E-state index in [1.54, 1.807) is 19.2 Å². The molecule has 0 aromatic heterocycles. The molecule has 0 unspecified atom stereocenters. The van der Waals surface area contributed by atoms with Crippen LogP contribution in [0.25, 0.3) is 16.7 Å². The number of benzene rings is 2. The van der Waals surface area contributed by atoms with E-state index in [0.29, 0.717) is 34.0 Å². The Hall–Kier alpha value is -2.01. The number of hydrogen-bond donors (Lipinski definition) is 2. The first kappa shape index (κ1) is 20.3. The predicted molar refractivity (Wildman–Crippen MR) is 116 cm³/mol. The van der Waals surface area contributed by atoms with Crippen molar-refractivity contribution in [1.29, 1.82) is 0 Å². The van der Waals surface area contributed by atoms with Crippen molar-refractivity contribution in [2.75, 3.05) is 7.11 Å². The molecular formula is C23H23Cl2NO3. The van der Waals surface area contributed by atoms with Gasteiger partial charge in [0.05, 0.1) is 17.2 Å². The van der Waals surface area contributed by atoms with Gasteiger partial charge in [0.15, 0.2) is 0 Å². The van der Waals surface area contributed by atoms with Crippen LogP contribution in [0.1, 0.15) is 36.8 Å². The first-order chi connectivity index (χ1) is 13.8. The molecule has 0 radical (unpaired) electrons. The van der Waals surface area contributed by atoms with Crippen LogP contribution in [0.15, 0.2) is 42.2 Å². The van der Waals surface area contributed by atoms with Crippen LogP contribution in [0.4, 0.5) is 0 Å². The highest BCUT2D eigenvalue weighted by atomic mass is 35.5. The average molecular weight is 432 g/mol. The van der Waals surface area contributed by atoms with Crippen molar-refractivity contribution in [3.63, 3.8) is 0 Å². The van der Waals surface area contributed by atoms with E-state index in [4.69, 9.17) is 27.9 Å². The zero-order valence-corrected chi connectivity index (χ0v) is 17.9. The normalized spacial score (nSPS) is 24.3. The zero-order valence-electron chi connectivity index (χ0n) is 16.4. The second-order valence-corrected chi connectivity index (χ2v) is 8.69. The molecule has 2 aromatic carbocycles. The van der Waals surface area contributed by atoms with Gasteiger partial charge < -0.3 is 15.2 Å². The number of ether oxygens (including phenoxy) is 1. The number of rotatable bonds is 3. The van der Waals surface area contributed by atoms with Gasteiger partial charge in [0, 0.05) is 22.7 Å². The highest BCUT2D eigenvalue weighted by molar-refractivity contribution is 6.34. The Kier molecular flexibility index (Phi) is 5.36. The van der Waals surface area contributed by atoms with Crippen LogP contribution in [0.2, 0.25) is 10.0 Å². The van der Waals surface area contributed by atoms with Crippen LogP contribution in [0.3, 0.4) is 0 Å². The van der Waals surface area contributed by atoms with Crippen LogP contribution in [0.5, 0.6) is 0 Å². The molecule has 29 heavy (non-hydrogen) atoms. The second kappa shape index (κ2) is 7.67. The third kappa shape index (κ3) is 3.54. The van der Waals surface area contributed by atoms with Crippen LogP contribution >= 0.6 is 23.2 Å². The smallest absolute Gasteiger partial charge is 0.256 e. The van der Waals surface area contributed by atoms with Crippen LogP contribution < -0.4 is 5.32 Å². The minimum atomic E-state index is -0.700. The molecule has 6 heteroatoms. The summed E-state index contributed by atoms with van der Waals surface area (Å²) in [5.74, 6) is -0.115. The first-order valence-electron chi connectivity index (χ1n) is 9.70. The molecule has 152 valence electrons. The van der Waals surface area contributed by atoms with Crippen molar-refractivity contribution in [2.45, 2.75) is 44.2 Å². The minimum Gasteiger partial charge on any atom is -0.509 e. The summed E-state index contributed by atoms with van der Waals surface area (Å²) in [6.07, 6.45) is 3.07. The van der Waals surface area contributed by atoms with Crippen LogP contribution in [-0.4, -0.2) is 29.8 Å². The van der Waals surface area contributed by atoms with Gasteiger partial charge in [-0.25, -0.2) is 0 Å². The Bertz CT molecular complexity index is 990. The number of carbonyl (C=O) groups is 1. The van der Waals surface area contributed by atoms with E-state index in [-0.39, 0.29) is 17.8 Å². The molecule has 1 heterocycles. The van der Waals surface area contributed by atoms with E-state index in [1.165, 1.54) is 0 Å². The SMILES string of the molecule is CO[C@H]1CC[C@@]2(CC1)NC(=O)C(c1cc(-c3ccc(Cl)cc3)c(Cl)cc1C)=C2O. The van der Waals surface area contributed by atoms with Gasteiger partial charge in [-0.2, -0.15) is 0 Å². The molecule has 1 aliphatic carbocycles. The highest BCUT2D eigenvalue weighted by Crippen LogP contribution is 2.43. The summed E-state index contributed by atoms with van der Waals surface area (Å²) < 4.78 is 5.44. The largest absolute Gasteiger partial charge is 0.509 e. The molecular weight excluding hydrogens is 409 g/mol. The number of methoxy groups -OCH3 is 1. The lowest BCUT2D eigenvalue weighted by Crippen LogP contribution is -2.48. The molecule has 1 amide bonds. The molecule has 4 nitrogen and oxygen atoms in total. The van der Waals surface area contributed by atoms with Crippen LogP contribution in [0, 0.1) is 6.92 Å². The van der Waals surface area contributed by atoms with Gasteiger partial charge >= 0.3 is 0 Å². The fraction of sp³-hybridized carbons (Fsp3) is 0.348. The van der Waals surface area contributed by atoms with E-state index < -0.39 is 5.54 Å². The van der Waals surface area contributed by atoms with Gasteiger partial charge in [0.1, 0.15) is 5.76 Å². The van der Waals surface area contributed by atoms with Gasteiger partial charge in [0.25, 0.3) is 5.91 Å². The number of hydrogen-bond acceptors (Lipinski definition) is 3. The van der Waals surface area contributed by atoms with E-state index in [1.807, 2.05) is 31.2 Å². The number of aryl methyl sites for hydroxylation is 1. The summed E-state index contributed by atoms with van der Waals surface area (Å²) in [4.78, 5) is 12.9. The molecule has 1 saturated carbocycles. The Balaban J connectivity index is 1.78. The number of halogens is 2. The van der Waals surface area contributed by atoms with Gasteiger partial charge in [0.2, 0.25) is 0 Å². The van der Waals surface area contributed by atoms with Gasteiger partial charge in [-0.05, 0) is 73.6 Å². The number of nitrogens with one attached hydrogen (secondary N) is 1. The lowest BCUT2D eigenvalue weighted by molar-refractivity contribution is -0.116. The van der Waals surface area contributed by atoms with Gasteiger partial charge in [-0.3, -0.25) is 4.79 Å². The molecule has 1 aliphatic heterocycles. The molecule has 2 aromatic rings. The van der Waals surface area contributed by atoms with Crippen molar-refractivity contribution in [3.05, 3.63) is 63.3 Å². The zero-order chi connectivity index (χ0) is 20.8. The monoisotopic (exact) mass is 431 g/mol. The van der Waals surface area contributed by atoms with E-state index in [2.05, 4.69) is 5.32 Å². The number of amides is 1. The highest BCUT2D eigenvalue weighted by Gasteiger charge is 2.48. The third-order valence-electron chi connectivity index (χ3n) is 6.13. The minimum absolute atomic E-state index is 0.129. The number of carbonyl (C=O) groups excluding carboxylic acids is 1. The molecule has 2 N–H and O–H groups in total. The Morgan fingerprint density at radius 1 is 1.10 bits per heavy atom. The average Bonchev–Trinajstić information content (AvgIpc) is 2.93. The van der Waals surface area contributed by atoms with Crippen molar-refractivity contribution < 1.29 is 14.6 Å². The molecule has 1 fully saturated rings. The lowest BCUT2D eigenvalue weighted by Gasteiger charge is -2.36. The summed E-state index contributed by atoms with van der Waals surface area (Å²) in [5, 5.41) is 15.4. The number of aliphatic hydroxyl groups is 1. The van der Waals surface area contributed by atoms with Gasteiger partial charge in [-0.15, -0.1) is 0 Å². The summed E-state index contributed by atoms with van der Waals surface area (Å²) >= 11 is 12.5. The van der Waals surface area contributed by atoms with Crippen molar-refractivity contribution >= 4 is 34.7 Å². The second-order valence-electron chi connectivity index (χ2n) is 7.85. The molecule has 4 rings (SSSR count). The van der Waals surface area contributed by atoms with Crippen molar-refractivity contribution in [3.8, 4) is 11.1 Å². The molecule has 1 spiro atoms. The Labute approximate surface area is 180 Å². The van der Waals surface area contributed by atoms with E-state index in [0.717, 1.165) is 29.5 Å². The molecule has 0 atom stereocenters. The Morgan fingerprint density at radius 2 is 1.76 bits per heavy atom. The topological polar surface area (TPSA) is 58.6 Å². The standard InChI is InChI=1S/C23H23Cl2NO3/c1-13-11-19(25)18(14-3-5-15(24)6-4-14)12-17(13)20-21(27)23(26-22(20)28)9-7-16(29-2)8-10-23/h3-6,11-12,16,27H,7-10H2,1-2H3,(H,26,28)/t16-,23-. The third-order valence-corrected chi connectivity index (χ3v) is 6.69. The fourth-order valence-corrected chi connectivity index (χ4v) is 4.86. The van der Waals surface area contributed by atoms with Crippen molar-refractivity contribution in [1.82, 2.24) is 5.32 Å². The fourth-order valence-electron chi connectivity index (χ4n) is 4.41. The van der Waals surface area contributed by atoms with Crippen molar-refractivity contribution in [2.24, 2.45) is 0 Å². The summed E-state index contributed by atoms with van der Waals surface area (Å²) in [5.41, 5.74) is 2.86. The Morgan fingerprint density at radius 3 is 2.38 bits per heavy atom. The van der Waals surface area contributed by atoms with E-state index in [9.17, 15) is 9.90 Å². The molecule has 2 aliphatic rings. The maximum atomic E-state index is 12.9. The first-order valence-corrected chi connectivity index (χ1v) is 10.5. The maximum absolute atomic E-state index is 12.9.